The molecule has 0 bridgehead atoms. The third-order valence-corrected chi connectivity index (χ3v) is 5.65. The van der Waals surface area contributed by atoms with Crippen molar-refractivity contribution in [1.82, 2.24) is 5.32 Å². The lowest BCUT2D eigenvalue weighted by molar-refractivity contribution is -0.121. The van der Waals surface area contributed by atoms with Crippen LogP contribution in [-0.2, 0) is 10.2 Å². The Hall–Kier alpha value is -2.14. The summed E-state index contributed by atoms with van der Waals surface area (Å²) in [5.74, 6) is 1.10. The average molecular weight is 356 g/mol. The molecule has 4 nitrogen and oxygen atoms in total. The summed E-state index contributed by atoms with van der Waals surface area (Å²) in [6, 6.07) is 8.37. The van der Waals surface area contributed by atoms with Crippen molar-refractivity contribution >= 4 is 23.1 Å². The molecule has 1 aromatic heterocycles. The van der Waals surface area contributed by atoms with Crippen molar-refractivity contribution in [1.29, 1.82) is 5.41 Å². The summed E-state index contributed by atoms with van der Waals surface area (Å²) in [6.07, 6.45) is 1.08. The van der Waals surface area contributed by atoms with Gasteiger partial charge in [0.15, 0.2) is 0 Å². The van der Waals surface area contributed by atoms with E-state index in [1.807, 2.05) is 19.9 Å². The van der Waals surface area contributed by atoms with Crippen molar-refractivity contribution < 1.29 is 9.53 Å². The van der Waals surface area contributed by atoms with Crippen molar-refractivity contribution in [2.45, 2.75) is 52.1 Å². The monoisotopic (exact) mass is 356 g/mol. The molecule has 1 aromatic carbocycles. The Kier molecular flexibility index (Phi) is 4.69. The summed E-state index contributed by atoms with van der Waals surface area (Å²) in [5, 5.41) is 12.6. The summed E-state index contributed by atoms with van der Waals surface area (Å²) in [4.78, 5) is 13.0. The number of benzene rings is 1. The fraction of sp³-hybridized carbons (Fsp3) is 0.400. The molecule has 5 heteroatoms. The van der Waals surface area contributed by atoms with Crippen molar-refractivity contribution in [3.8, 4) is 16.9 Å². The Morgan fingerprint density at radius 1 is 1.28 bits per heavy atom. The van der Waals surface area contributed by atoms with Crippen LogP contribution < -0.4 is 10.1 Å². The van der Waals surface area contributed by atoms with Gasteiger partial charge in [-0.15, -0.1) is 11.3 Å². The average Bonchev–Trinajstić information content (AvgIpc) is 2.97. The number of aryl methyl sites for hydroxylation is 1. The quantitative estimate of drug-likeness (QED) is 0.837. The zero-order valence-electron chi connectivity index (χ0n) is 15.1. The van der Waals surface area contributed by atoms with E-state index in [1.54, 1.807) is 11.3 Å². The van der Waals surface area contributed by atoms with Crippen LogP contribution in [-0.4, -0.2) is 17.8 Å². The number of thiophene rings is 1. The summed E-state index contributed by atoms with van der Waals surface area (Å²) < 4.78 is 5.98. The minimum absolute atomic E-state index is 0.0758. The molecular weight excluding hydrogens is 332 g/mol. The third kappa shape index (κ3) is 3.76. The number of rotatable bonds is 4. The molecule has 0 radical (unpaired) electrons. The number of carbonyl (C=O) groups is 1. The molecule has 2 N–H and O–H groups in total. The fourth-order valence-electron chi connectivity index (χ4n) is 3.26. The summed E-state index contributed by atoms with van der Waals surface area (Å²) in [5.41, 5.74) is 3.06. The van der Waals surface area contributed by atoms with Crippen molar-refractivity contribution in [2.75, 3.05) is 0 Å². The molecule has 0 unspecified atom stereocenters. The van der Waals surface area contributed by atoms with Crippen LogP contribution in [0.5, 0.6) is 5.75 Å². The molecule has 1 aliphatic rings. The number of amides is 1. The third-order valence-electron chi connectivity index (χ3n) is 4.41. The Balaban J connectivity index is 1.98. The van der Waals surface area contributed by atoms with Crippen LogP contribution in [0.2, 0.25) is 0 Å². The second kappa shape index (κ2) is 6.64. The van der Waals surface area contributed by atoms with E-state index in [-0.39, 0.29) is 17.4 Å². The van der Waals surface area contributed by atoms with Crippen molar-refractivity contribution in [3.05, 3.63) is 40.1 Å². The number of carbonyl (C=O) groups excluding carboxylic acids is 1. The SMILES string of the molecule is Cc1ccc(OC(C)C)c(-c2csc([C@@]3(C)CC(=N)NC(=O)C3)c2)c1. The predicted molar refractivity (Wildman–Crippen MR) is 103 cm³/mol. The van der Waals surface area contributed by atoms with Crippen LogP contribution in [0.1, 0.15) is 44.1 Å². The Morgan fingerprint density at radius 3 is 2.72 bits per heavy atom. The Bertz CT molecular complexity index is 807. The molecule has 1 saturated heterocycles. The van der Waals surface area contributed by atoms with Crippen LogP contribution in [0, 0.1) is 12.3 Å². The largest absolute Gasteiger partial charge is 0.490 e. The van der Waals surface area contributed by atoms with E-state index in [4.69, 9.17) is 10.1 Å². The second-order valence-electron chi connectivity index (χ2n) is 7.31. The molecule has 2 aromatic rings. The van der Waals surface area contributed by atoms with Crippen molar-refractivity contribution in [2.24, 2.45) is 0 Å². The van der Waals surface area contributed by atoms with Gasteiger partial charge in [-0.3, -0.25) is 10.2 Å². The van der Waals surface area contributed by atoms with Crippen molar-refractivity contribution in [3.63, 3.8) is 0 Å². The van der Waals surface area contributed by atoms with Crippen LogP contribution in [0.15, 0.2) is 29.6 Å². The molecule has 0 aliphatic carbocycles. The van der Waals surface area contributed by atoms with Gasteiger partial charge in [-0.05, 0) is 49.9 Å². The van der Waals surface area contributed by atoms with Crippen LogP contribution in [0.4, 0.5) is 0 Å². The summed E-state index contributed by atoms with van der Waals surface area (Å²) in [6.45, 7) is 8.19. The first-order chi connectivity index (χ1) is 11.8. The highest BCUT2D eigenvalue weighted by Gasteiger charge is 2.36. The molecule has 1 amide bonds. The molecule has 1 aliphatic heterocycles. The standard InChI is InChI=1S/C20H24N2O2S/c1-12(2)24-16-6-5-13(3)7-15(16)14-8-17(25-11-14)20(4)9-18(21)22-19(23)10-20/h5-8,11-12H,9-10H2,1-4H3,(H2,21,22,23)/t20-/m0/s1. The van der Waals surface area contributed by atoms with Crippen LogP contribution in [0.3, 0.4) is 0 Å². The van der Waals surface area contributed by atoms with E-state index in [0.29, 0.717) is 18.7 Å². The fourth-order valence-corrected chi connectivity index (χ4v) is 4.33. The molecule has 132 valence electrons. The van der Waals surface area contributed by atoms with Gasteiger partial charge < -0.3 is 10.1 Å². The van der Waals surface area contributed by atoms with Crippen LogP contribution >= 0.6 is 11.3 Å². The highest BCUT2D eigenvalue weighted by molar-refractivity contribution is 7.10. The Labute approximate surface area is 152 Å². The second-order valence-corrected chi connectivity index (χ2v) is 8.22. The predicted octanol–water partition coefficient (Wildman–Crippen LogP) is 4.66. The van der Waals surface area contributed by atoms with E-state index in [0.717, 1.165) is 21.8 Å². The number of ether oxygens (including phenoxy) is 1. The lowest BCUT2D eigenvalue weighted by Gasteiger charge is -2.32. The van der Waals surface area contributed by atoms with Gasteiger partial charge in [0, 0.05) is 28.7 Å². The maximum atomic E-state index is 11.9. The maximum Gasteiger partial charge on any atom is 0.226 e. The molecule has 0 saturated carbocycles. The Morgan fingerprint density at radius 2 is 2.04 bits per heavy atom. The molecule has 3 rings (SSSR count). The topological polar surface area (TPSA) is 62.2 Å². The normalized spacial score (nSPS) is 20.7. The van der Waals surface area contributed by atoms with Gasteiger partial charge in [0.25, 0.3) is 0 Å². The summed E-state index contributed by atoms with van der Waals surface area (Å²) in [7, 11) is 0. The van der Waals surface area contributed by atoms with E-state index in [9.17, 15) is 4.79 Å². The van der Waals surface area contributed by atoms with Gasteiger partial charge in [0.2, 0.25) is 5.91 Å². The first-order valence-electron chi connectivity index (χ1n) is 8.51. The number of piperidine rings is 1. The highest BCUT2D eigenvalue weighted by atomic mass is 32.1. The van der Waals surface area contributed by atoms with Gasteiger partial charge in [0.05, 0.1) is 6.10 Å². The van der Waals surface area contributed by atoms with E-state index in [2.05, 4.69) is 42.7 Å². The molecular formula is C20H24N2O2S. The van der Waals surface area contributed by atoms with Gasteiger partial charge in [-0.2, -0.15) is 0 Å². The number of nitrogens with one attached hydrogen (secondary N) is 2. The van der Waals surface area contributed by atoms with E-state index < -0.39 is 0 Å². The number of hydrogen-bond acceptors (Lipinski definition) is 4. The first kappa shape index (κ1) is 17.7. The summed E-state index contributed by atoms with van der Waals surface area (Å²) >= 11 is 1.66. The number of amidine groups is 1. The molecule has 25 heavy (non-hydrogen) atoms. The molecule has 1 fully saturated rings. The lowest BCUT2D eigenvalue weighted by atomic mass is 9.78. The molecule has 1 atom stereocenters. The molecule has 0 spiro atoms. The first-order valence-corrected chi connectivity index (χ1v) is 9.39. The van der Waals surface area contributed by atoms with Gasteiger partial charge in [-0.1, -0.05) is 18.6 Å². The zero-order chi connectivity index (χ0) is 18.2. The lowest BCUT2D eigenvalue weighted by Crippen LogP contribution is -2.44. The van der Waals surface area contributed by atoms with Crippen LogP contribution in [0.25, 0.3) is 11.1 Å². The molecule has 2 heterocycles. The van der Waals surface area contributed by atoms with Gasteiger partial charge in [0.1, 0.15) is 11.6 Å². The highest BCUT2D eigenvalue weighted by Crippen LogP contribution is 2.42. The minimum atomic E-state index is -0.314. The smallest absolute Gasteiger partial charge is 0.226 e. The van der Waals surface area contributed by atoms with E-state index in [1.165, 1.54) is 5.56 Å². The maximum absolute atomic E-state index is 11.9. The van der Waals surface area contributed by atoms with Gasteiger partial charge in [-0.25, -0.2) is 0 Å². The number of hydrogen-bond donors (Lipinski definition) is 2. The zero-order valence-corrected chi connectivity index (χ0v) is 15.9. The minimum Gasteiger partial charge on any atom is -0.490 e. The van der Waals surface area contributed by atoms with E-state index >= 15 is 0 Å². The van der Waals surface area contributed by atoms with Gasteiger partial charge >= 0.3 is 0 Å².